The highest BCUT2D eigenvalue weighted by atomic mass is 16.3. The summed E-state index contributed by atoms with van der Waals surface area (Å²) in [5.74, 6) is 1.77. The van der Waals surface area contributed by atoms with Crippen LogP contribution in [0, 0.1) is 23.2 Å². The number of rotatable bonds is 0. The zero-order valence-corrected chi connectivity index (χ0v) is 11.0. The van der Waals surface area contributed by atoms with Gasteiger partial charge in [0.05, 0.1) is 11.7 Å². The first-order valence-electron chi connectivity index (χ1n) is 6.70. The average molecular weight is 226 g/mol. The van der Waals surface area contributed by atoms with Gasteiger partial charge in [0.15, 0.2) is 0 Å². The molecule has 0 amide bonds. The highest BCUT2D eigenvalue weighted by Gasteiger charge is 2.61. The van der Waals surface area contributed by atoms with Gasteiger partial charge in [-0.2, -0.15) is 0 Å². The predicted molar refractivity (Wildman–Crippen MR) is 65.0 cm³/mol. The van der Waals surface area contributed by atoms with E-state index >= 15 is 0 Å². The number of aliphatic hydroxyl groups excluding tert-OH is 1. The summed E-state index contributed by atoms with van der Waals surface area (Å²) in [4.78, 5) is 0. The van der Waals surface area contributed by atoms with E-state index in [1.165, 1.54) is 6.42 Å². The minimum atomic E-state index is -0.893. The monoisotopic (exact) mass is 226 g/mol. The van der Waals surface area contributed by atoms with Crippen molar-refractivity contribution in [2.24, 2.45) is 23.2 Å². The van der Waals surface area contributed by atoms with Crippen molar-refractivity contribution in [1.29, 1.82) is 0 Å². The lowest BCUT2D eigenvalue weighted by atomic mass is 9.57. The van der Waals surface area contributed by atoms with E-state index in [2.05, 4.69) is 20.8 Å². The van der Waals surface area contributed by atoms with Crippen molar-refractivity contribution in [3.8, 4) is 0 Å². The van der Waals surface area contributed by atoms with Gasteiger partial charge in [0.25, 0.3) is 0 Å². The van der Waals surface area contributed by atoms with Crippen molar-refractivity contribution in [2.75, 3.05) is 0 Å². The van der Waals surface area contributed by atoms with Crippen LogP contribution in [0.25, 0.3) is 0 Å². The lowest BCUT2D eigenvalue weighted by molar-refractivity contribution is -0.143. The Morgan fingerprint density at radius 2 is 1.50 bits per heavy atom. The van der Waals surface area contributed by atoms with Crippen molar-refractivity contribution in [1.82, 2.24) is 0 Å². The maximum absolute atomic E-state index is 10.7. The Kier molecular flexibility index (Phi) is 2.87. The fourth-order valence-electron chi connectivity index (χ4n) is 4.62. The van der Waals surface area contributed by atoms with Gasteiger partial charge in [-0.1, -0.05) is 20.8 Å². The van der Waals surface area contributed by atoms with Crippen LogP contribution >= 0.6 is 0 Å². The fraction of sp³-hybridized carbons (Fsp3) is 1.00. The molecule has 94 valence electrons. The van der Waals surface area contributed by atoms with E-state index in [0.717, 1.165) is 19.3 Å². The van der Waals surface area contributed by atoms with Crippen molar-refractivity contribution in [3.05, 3.63) is 0 Å². The molecule has 2 N–H and O–H groups in total. The molecule has 1 spiro atoms. The minimum Gasteiger partial charge on any atom is -0.390 e. The molecule has 5 atom stereocenters. The van der Waals surface area contributed by atoms with Crippen LogP contribution in [-0.2, 0) is 0 Å². The van der Waals surface area contributed by atoms with Crippen molar-refractivity contribution in [3.63, 3.8) is 0 Å². The molecule has 2 aliphatic carbocycles. The first kappa shape index (κ1) is 12.4. The second kappa shape index (κ2) is 3.71. The summed E-state index contributed by atoms with van der Waals surface area (Å²) in [5.41, 5.74) is -0.946. The van der Waals surface area contributed by atoms with Crippen LogP contribution in [0.4, 0.5) is 0 Å². The first-order valence-corrected chi connectivity index (χ1v) is 6.70. The van der Waals surface area contributed by atoms with Gasteiger partial charge in [-0.15, -0.1) is 0 Å². The number of hydrogen-bond donors (Lipinski definition) is 2. The normalized spacial score (nSPS) is 58.1. The summed E-state index contributed by atoms with van der Waals surface area (Å²) < 4.78 is 0. The molecule has 0 heterocycles. The quantitative estimate of drug-likeness (QED) is 0.666. The molecular formula is C14H26O2. The molecule has 2 fully saturated rings. The van der Waals surface area contributed by atoms with Crippen LogP contribution in [0.1, 0.15) is 53.4 Å². The van der Waals surface area contributed by atoms with Gasteiger partial charge in [-0.25, -0.2) is 0 Å². The lowest BCUT2D eigenvalue weighted by Gasteiger charge is -2.50. The second-order valence-corrected chi connectivity index (χ2v) is 6.81. The zero-order valence-electron chi connectivity index (χ0n) is 11.0. The van der Waals surface area contributed by atoms with Crippen LogP contribution in [0.5, 0.6) is 0 Å². The van der Waals surface area contributed by atoms with Crippen molar-refractivity contribution in [2.45, 2.75) is 65.1 Å². The molecule has 16 heavy (non-hydrogen) atoms. The minimum absolute atomic E-state index is 0.0521. The Bertz CT molecular complexity index is 262. The largest absolute Gasteiger partial charge is 0.390 e. The molecule has 0 aromatic carbocycles. The Hall–Kier alpha value is -0.0800. The van der Waals surface area contributed by atoms with Gasteiger partial charge >= 0.3 is 0 Å². The fourth-order valence-corrected chi connectivity index (χ4v) is 4.62. The topological polar surface area (TPSA) is 40.5 Å². The van der Waals surface area contributed by atoms with E-state index in [4.69, 9.17) is 0 Å². The van der Waals surface area contributed by atoms with E-state index in [1.54, 1.807) is 0 Å². The van der Waals surface area contributed by atoms with Gasteiger partial charge in [-0.05, 0) is 50.4 Å². The summed E-state index contributed by atoms with van der Waals surface area (Å²) in [7, 11) is 0. The Morgan fingerprint density at radius 3 is 1.88 bits per heavy atom. The smallest absolute Gasteiger partial charge is 0.0936 e. The number of hydrogen-bond acceptors (Lipinski definition) is 2. The van der Waals surface area contributed by atoms with Gasteiger partial charge in [0.2, 0.25) is 0 Å². The molecule has 0 bridgehead atoms. The van der Waals surface area contributed by atoms with E-state index in [-0.39, 0.29) is 5.41 Å². The van der Waals surface area contributed by atoms with E-state index in [0.29, 0.717) is 17.8 Å². The Balaban J connectivity index is 2.34. The SMILES string of the molecule is CC1CC(C)CC2(C1)C(C)CC(O)C2(C)O. The van der Waals surface area contributed by atoms with Crippen LogP contribution in [-0.4, -0.2) is 21.9 Å². The van der Waals surface area contributed by atoms with Gasteiger partial charge < -0.3 is 10.2 Å². The molecule has 0 aromatic heterocycles. The summed E-state index contributed by atoms with van der Waals surface area (Å²) in [5, 5.41) is 20.8. The second-order valence-electron chi connectivity index (χ2n) is 6.81. The molecule has 5 unspecified atom stereocenters. The third-order valence-electron chi connectivity index (χ3n) is 5.41. The van der Waals surface area contributed by atoms with E-state index < -0.39 is 11.7 Å². The third-order valence-corrected chi connectivity index (χ3v) is 5.41. The van der Waals surface area contributed by atoms with Gasteiger partial charge in [0.1, 0.15) is 0 Å². The summed E-state index contributed by atoms with van der Waals surface area (Å²) in [6.07, 6.45) is 3.62. The molecule has 2 rings (SSSR count). The standard InChI is InChI=1S/C14H26O2/c1-9-5-10(2)8-14(7-9)11(3)6-12(15)13(14,4)16/h9-12,15-16H,5-8H2,1-4H3. The summed E-state index contributed by atoms with van der Waals surface area (Å²) in [6, 6.07) is 0. The lowest BCUT2D eigenvalue weighted by Crippen LogP contribution is -2.53. The van der Waals surface area contributed by atoms with Crippen molar-refractivity contribution >= 4 is 0 Å². The Morgan fingerprint density at radius 1 is 1.00 bits per heavy atom. The Labute approximate surface area is 99.1 Å². The first-order chi connectivity index (χ1) is 7.29. The highest BCUT2D eigenvalue weighted by Crippen LogP contribution is 2.60. The molecule has 0 radical (unpaired) electrons. The molecule has 2 nitrogen and oxygen atoms in total. The third kappa shape index (κ3) is 1.53. The number of aliphatic hydroxyl groups is 2. The predicted octanol–water partition coefficient (Wildman–Crippen LogP) is 2.58. The summed E-state index contributed by atoms with van der Waals surface area (Å²) >= 11 is 0. The molecule has 0 aliphatic heterocycles. The van der Waals surface area contributed by atoms with E-state index in [9.17, 15) is 10.2 Å². The maximum Gasteiger partial charge on any atom is 0.0936 e. The summed E-state index contributed by atoms with van der Waals surface area (Å²) in [6.45, 7) is 8.62. The van der Waals surface area contributed by atoms with Crippen LogP contribution in [0.3, 0.4) is 0 Å². The molecule has 2 heteroatoms. The highest BCUT2D eigenvalue weighted by molar-refractivity contribution is 5.11. The van der Waals surface area contributed by atoms with Crippen molar-refractivity contribution < 1.29 is 10.2 Å². The van der Waals surface area contributed by atoms with Gasteiger partial charge in [0, 0.05) is 5.41 Å². The maximum atomic E-state index is 10.7. The van der Waals surface area contributed by atoms with Gasteiger partial charge in [-0.3, -0.25) is 0 Å². The molecular weight excluding hydrogens is 200 g/mol. The molecule has 2 saturated carbocycles. The van der Waals surface area contributed by atoms with E-state index in [1.807, 2.05) is 6.92 Å². The molecule has 0 saturated heterocycles. The molecule has 0 aromatic rings. The van der Waals surface area contributed by atoms with Crippen LogP contribution in [0.15, 0.2) is 0 Å². The molecule has 2 aliphatic rings. The zero-order chi connectivity index (χ0) is 12.1. The van der Waals surface area contributed by atoms with Crippen LogP contribution in [0.2, 0.25) is 0 Å². The van der Waals surface area contributed by atoms with Crippen LogP contribution < -0.4 is 0 Å². The average Bonchev–Trinajstić information content (AvgIpc) is 2.27.